The van der Waals surface area contributed by atoms with Crippen LogP contribution in [0.1, 0.15) is 38.2 Å². The Hall–Kier alpha value is -0.960. The molecule has 2 atom stereocenters. The van der Waals surface area contributed by atoms with E-state index in [4.69, 9.17) is 5.73 Å². The molecule has 0 aliphatic heterocycles. The summed E-state index contributed by atoms with van der Waals surface area (Å²) in [5.41, 5.74) is 6.21. The molecular weight excluding hydrogens is 208 g/mol. The van der Waals surface area contributed by atoms with Crippen LogP contribution in [0, 0.1) is 17.6 Å². The highest BCUT2D eigenvalue weighted by molar-refractivity contribution is 5.23. The monoisotopic (exact) mass is 227 g/mol. The predicted octanol–water partition coefficient (Wildman–Crippen LogP) is 3.44. The van der Waals surface area contributed by atoms with Crippen LogP contribution >= 0.6 is 0 Å². The van der Waals surface area contributed by atoms with Crippen LogP contribution in [0.3, 0.4) is 0 Å². The summed E-state index contributed by atoms with van der Waals surface area (Å²) in [5.74, 6) is -0.742. The number of nitrogens with two attached hydrogens (primary N) is 1. The third kappa shape index (κ3) is 3.01. The Balaban J connectivity index is 2.94. The Kier molecular flexibility index (Phi) is 4.87. The van der Waals surface area contributed by atoms with Crippen molar-refractivity contribution in [2.45, 2.75) is 32.6 Å². The number of benzene rings is 1. The summed E-state index contributed by atoms with van der Waals surface area (Å²) in [6.45, 7) is 4.54. The molecule has 1 aromatic rings. The third-order valence-electron chi connectivity index (χ3n) is 3.05. The molecule has 0 aromatic heterocycles. The molecule has 0 amide bonds. The van der Waals surface area contributed by atoms with Crippen LogP contribution in [0.2, 0.25) is 0 Å². The number of hydrogen-bond donors (Lipinski definition) is 1. The topological polar surface area (TPSA) is 26.0 Å². The van der Waals surface area contributed by atoms with Gasteiger partial charge in [-0.05, 0) is 24.1 Å². The fourth-order valence-electron chi connectivity index (χ4n) is 2.12. The maximum Gasteiger partial charge on any atom is 0.129 e. The Labute approximate surface area is 95.7 Å². The summed E-state index contributed by atoms with van der Waals surface area (Å²) in [5, 5.41) is 0. The first kappa shape index (κ1) is 13.1. The van der Waals surface area contributed by atoms with E-state index in [0.29, 0.717) is 18.0 Å². The standard InChI is InChI=1S/C13H19F2N/c1-3-4-9(2)12(8-16)11-6-5-10(14)7-13(11)15/h5-7,9,12H,3-4,8,16H2,1-2H3. The van der Waals surface area contributed by atoms with E-state index in [-0.39, 0.29) is 5.92 Å². The van der Waals surface area contributed by atoms with E-state index in [2.05, 4.69) is 13.8 Å². The number of rotatable bonds is 5. The van der Waals surface area contributed by atoms with Crippen LogP contribution < -0.4 is 5.73 Å². The molecule has 16 heavy (non-hydrogen) atoms. The lowest BCUT2D eigenvalue weighted by molar-refractivity contribution is 0.415. The van der Waals surface area contributed by atoms with E-state index in [1.807, 2.05) is 0 Å². The highest BCUT2D eigenvalue weighted by Gasteiger charge is 2.20. The molecule has 3 heteroatoms. The van der Waals surface area contributed by atoms with Gasteiger partial charge in [-0.25, -0.2) is 8.78 Å². The molecule has 0 bridgehead atoms. The van der Waals surface area contributed by atoms with Crippen molar-refractivity contribution in [3.8, 4) is 0 Å². The van der Waals surface area contributed by atoms with E-state index < -0.39 is 11.6 Å². The summed E-state index contributed by atoms with van der Waals surface area (Å²) in [6, 6.07) is 3.73. The number of hydrogen-bond acceptors (Lipinski definition) is 1. The average Bonchev–Trinajstić information content (AvgIpc) is 2.22. The Morgan fingerprint density at radius 1 is 1.31 bits per heavy atom. The minimum Gasteiger partial charge on any atom is -0.330 e. The molecule has 2 N–H and O–H groups in total. The zero-order valence-corrected chi connectivity index (χ0v) is 9.84. The second-order valence-electron chi connectivity index (χ2n) is 4.27. The Morgan fingerprint density at radius 2 is 2.00 bits per heavy atom. The predicted molar refractivity (Wildman–Crippen MR) is 62.2 cm³/mol. The van der Waals surface area contributed by atoms with Gasteiger partial charge < -0.3 is 5.73 Å². The van der Waals surface area contributed by atoms with E-state index in [1.54, 1.807) is 0 Å². The molecule has 0 saturated carbocycles. The van der Waals surface area contributed by atoms with E-state index >= 15 is 0 Å². The molecule has 1 aromatic carbocycles. The van der Waals surface area contributed by atoms with Gasteiger partial charge >= 0.3 is 0 Å². The molecule has 0 heterocycles. The van der Waals surface area contributed by atoms with Crippen LogP contribution in [0.5, 0.6) is 0 Å². The van der Waals surface area contributed by atoms with Crippen LogP contribution in [0.25, 0.3) is 0 Å². The third-order valence-corrected chi connectivity index (χ3v) is 3.05. The van der Waals surface area contributed by atoms with Crippen molar-refractivity contribution in [1.29, 1.82) is 0 Å². The zero-order valence-electron chi connectivity index (χ0n) is 9.84. The van der Waals surface area contributed by atoms with Crippen molar-refractivity contribution in [1.82, 2.24) is 0 Å². The lowest BCUT2D eigenvalue weighted by Crippen LogP contribution is -2.20. The maximum absolute atomic E-state index is 13.6. The zero-order chi connectivity index (χ0) is 12.1. The summed E-state index contributed by atoms with van der Waals surface area (Å²) >= 11 is 0. The van der Waals surface area contributed by atoms with Crippen LogP contribution in [-0.4, -0.2) is 6.54 Å². The van der Waals surface area contributed by atoms with Crippen molar-refractivity contribution >= 4 is 0 Å². The molecule has 1 nitrogen and oxygen atoms in total. The molecule has 0 radical (unpaired) electrons. The van der Waals surface area contributed by atoms with Gasteiger partial charge in [0.15, 0.2) is 0 Å². The van der Waals surface area contributed by atoms with Gasteiger partial charge in [-0.3, -0.25) is 0 Å². The summed E-state index contributed by atoms with van der Waals surface area (Å²) in [7, 11) is 0. The van der Waals surface area contributed by atoms with Crippen LogP contribution in [0.4, 0.5) is 8.78 Å². The van der Waals surface area contributed by atoms with Gasteiger partial charge in [-0.1, -0.05) is 32.8 Å². The maximum atomic E-state index is 13.6. The first-order valence-electron chi connectivity index (χ1n) is 5.75. The van der Waals surface area contributed by atoms with Gasteiger partial charge in [0.1, 0.15) is 11.6 Å². The SMILES string of the molecule is CCCC(C)C(CN)c1ccc(F)cc1F. The second-order valence-corrected chi connectivity index (χ2v) is 4.27. The van der Waals surface area contributed by atoms with Crippen LogP contribution in [0.15, 0.2) is 18.2 Å². The largest absolute Gasteiger partial charge is 0.330 e. The minimum atomic E-state index is -0.542. The van der Waals surface area contributed by atoms with Gasteiger partial charge in [0.25, 0.3) is 0 Å². The smallest absolute Gasteiger partial charge is 0.129 e. The highest BCUT2D eigenvalue weighted by atomic mass is 19.1. The summed E-state index contributed by atoms with van der Waals surface area (Å²) < 4.78 is 26.4. The highest BCUT2D eigenvalue weighted by Crippen LogP contribution is 2.29. The van der Waals surface area contributed by atoms with Gasteiger partial charge in [-0.2, -0.15) is 0 Å². The van der Waals surface area contributed by atoms with Crippen molar-refractivity contribution in [2.75, 3.05) is 6.54 Å². The molecule has 0 aliphatic carbocycles. The lowest BCUT2D eigenvalue weighted by atomic mass is 9.84. The Morgan fingerprint density at radius 3 is 2.50 bits per heavy atom. The van der Waals surface area contributed by atoms with Gasteiger partial charge in [-0.15, -0.1) is 0 Å². The van der Waals surface area contributed by atoms with Gasteiger partial charge in [0.05, 0.1) is 0 Å². The quantitative estimate of drug-likeness (QED) is 0.819. The van der Waals surface area contributed by atoms with Crippen molar-refractivity contribution < 1.29 is 8.78 Å². The van der Waals surface area contributed by atoms with E-state index in [0.717, 1.165) is 18.9 Å². The molecule has 2 unspecified atom stereocenters. The normalized spacial score (nSPS) is 14.8. The summed E-state index contributed by atoms with van der Waals surface area (Å²) in [4.78, 5) is 0. The molecular formula is C13H19F2N. The van der Waals surface area contributed by atoms with E-state index in [1.165, 1.54) is 12.1 Å². The first-order valence-corrected chi connectivity index (χ1v) is 5.75. The van der Waals surface area contributed by atoms with Crippen molar-refractivity contribution in [3.05, 3.63) is 35.4 Å². The lowest BCUT2D eigenvalue weighted by Gasteiger charge is -2.23. The molecule has 1 rings (SSSR count). The molecule has 0 spiro atoms. The average molecular weight is 227 g/mol. The first-order chi connectivity index (χ1) is 7.60. The van der Waals surface area contributed by atoms with Gasteiger partial charge in [0.2, 0.25) is 0 Å². The second kappa shape index (κ2) is 5.94. The van der Waals surface area contributed by atoms with Gasteiger partial charge in [0, 0.05) is 12.0 Å². The van der Waals surface area contributed by atoms with Crippen LogP contribution in [-0.2, 0) is 0 Å². The van der Waals surface area contributed by atoms with Crippen molar-refractivity contribution in [3.63, 3.8) is 0 Å². The van der Waals surface area contributed by atoms with Crippen molar-refractivity contribution in [2.24, 2.45) is 11.7 Å². The fraction of sp³-hybridized carbons (Fsp3) is 0.538. The minimum absolute atomic E-state index is 0.0273. The summed E-state index contributed by atoms with van der Waals surface area (Å²) in [6.07, 6.45) is 2.04. The number of halogens is 2. The Bertz CT molecular complexity index is 339. The molecule has 0 aliphatic rings. The molecule has 90 valence electrons. The molecule has 0 fully saturated rings. The van der Waals surface area contributed by atoms with E-state index in [9.17, 15) is 8.78 Å². The molecule has 0 saturated heterocycles. The fourth-order valence-corrected chi connectivity index (χ4v) is 2.12.